The third-order valence-electron chi connectivity index (χ3n) is 3.60. The number of pyridine rings is 2. The van der Waals surface area contributed by atoms with Crippen molar-refractivity contribution in [3.63, 3.8) is 0 Å². The molecule has 9 heteroatoms. The third-order valence-corrected chi connectivity index (χ3v) is 3.60. The summed E-state index contributed by atoms with van der Waals surface area (Å²) in [6.07, 6.45) is 3.23. The van der Waals surface area contributed by atoms with Crippen LogP contribution in [0, 0.1) is 20.2 Å². The van der Waals surface area contributed by atoms with Crippen LogP contribution < -0.4 is 0 Å². The zero-order valence-corrected chi connectivity index (χ0v) is 14.5. The van der Waals surface area contributed by atoms with Crippen LogP contribution >= 0.6 is 0 Å². The molecule has 0 unspecified atom stereocenters. The van der Waals surface area contributed by atoms with Gasteiger partial charge in [0.1, 0.15) is 6.79 Å². The number of carbonyl (C=O) groups excluding carboxylic acids is 1. The zero-order chi connectivity index (χ0) is 20.5. The SMILES string of the molecule is C=O.O=[N+]([O-])c1ccc2cccnc2c1.O=[N+]([O-])c1ccc2cccnc2c1. The molecule has 0 N–H and O–H groups in total. The highest BCUT2D eigenvalue weighted by molar-refractivity contribution is 5.81. The van der Waals surface area contributed by atoms with Crippen LogP contribution in [0.15, 0.2) is 73.1 Å². The Morgan fingerprint density at radius 2 is 1.07 bits per heavy atom. The lowest BCUT2D eigenvalue weighted by Crippen LogP contribution is -1.87. The van der Waals surface area contributed by atoms with Crippen molar-refractivity contribution in [3.8, 4) is 0 Å². The average Bonchev–Trinajstić information content (AvgIpc) is 2.75. The smallest absolute Gasteiger partial charge is 0.271 e. The van der Waals surface area contributed by atoms with E-state index in [1.54, 1.807) is 36.7 Å². The number of nitro groups is 2. The summed E-state index contributed by atoms with van der Waals surface area (Å²) < 4.78 is 0. The second-order valence-electron chi connectivity index (χ2n) is 5.28. The van der Waals surface area contributed by atoms with Crippen LogP contribution in [0.1, 0.15) is 0 Å². The van der Waals surface area contributed by atoms with E-state index < -0.39 is 9.85 Å². The van der Waals surface area contributed by atoms with Gasteiger partial charge in [-0.3, -0.25) is 30.2 Å². The maximum absolute atomic E-state index is 10.4. The molecular formula is C19H14N4O5. The fourth-order valence-corrected chi connectivity index (χ4v) is 2.34. The van der Waals surface area contributed by atoms with E-state index in [1.807, 2.05) is 18.9 Å². The van der Waals surface area contributed by atoms with E-state index in [0.29, 0.717) is 11.0 Å². The predicted octanol–water partition coefficient (Wildman–Crippen LogP) is 4.10. The molecule has 0 aliphatic heterocycles. The van der Waals surface area contributed by atoms with Gasteiger partial charge in [0.05, 0.1) is 20.9 Å². The standard InChI is InChI=1S/2C9H6N2O2.CH2O/c2*12-11(13)8-4-3-7-2-1-5-10-9(7)6-8;1-2/h2*1-6H;1H2. The Balaban J connectivity index is 0.000000184. The molecule has 0 fully saturated rings. The van der Waals surface area contributed by atoms with Gasteiger partial charge in [0.25, 0.3) is 11.4 Å². The van der Waals surface area contributed by atoms with Crippen molar-refractivity contribution in [2.24, 2.45) is 0 Å². The fraction of sp³-hybridized carbons (Fsp3) is 0. The monoisotopic (exact) mass is 378 g/mol. The summed E-state index contributed by atoms with van der Waals surface area (Å²) in [5, 5.41) is 22.7. The average molecular weight is 378 g/mol. The normalized spacial score (nSPS) is 9.57. The van der Waals surface area contributed by atoms with Crippen LogP contribution in [0.3, 0.4) is 0 Å². The van der Waals surface area contributed by atoms with Gasteiger partial charge in [0.15, 0.2) is 0 Å². The highest BCUT2D eigenvalue weighted by Crippen LogP contribution is 2.19. The van der Waals surface area contributed by atoms with Crippen molar-refractivity contribution in [1.82, 2.24) is 9.97 Å². The van der Waals surface area contributed by atoms with Gasteiger partial charge in [0, 0.05) is 47.4 Å². The lowest BCUT2D eigenvalue weighted by Gasteiger charge is -1.95. The van der Waals surface area contributed by atoms with Gasteiger partial charge in [-0.15, -0.1) is 0 Å². The minimum Gasteiger partial charge on any atom is -0.307 e. The molecule has 0 spiro atoms. The quantitative estimate of drug-likeness (QED) is 0.379. The fourth-order valence-electron chi connectivity index (χ4n) is 2.34. The van der Waals surface area contributed by atoms with Crippen LogP contribution in [0.25, 0.3) is 21.8 Å². The minimum atomic E-state index is -0.422. The molecule has 0 bridgehead atoms. The Hall–Kier alpha value is -4.27. The number of non-ortho nitro benzene ring substituents is 2. The lowest BCUT2D eigenvalue weighted by atomic mass is 10.2. The number of benzene rings is 2. The van der Waals surface area contributed by atoms with Crippen molar-refractivity contribution in [2.45, 2.75) is 0 Å². The topological polar surface area (TPSA) is 129 Å². The first-order chi connectivity index (χ1) is 13.5. The Bertz CT molecular complexity index is 1040. The molecule has 0 aliphatic carbocycles. The molecule has 0 aliphatic rings. The summed E-state index contributed by atoms with van der Waals surface area (Å²) in [7, 11) is 0. The zero-order valence-electron chi connectivity index (χ0n) is 14.5. The van der Waals surface area contributed by atoms with Crippen molar-refractivity contribution in [3.05, 3.63) is 93.3 Å². The lowest BCUT2D eigenvalue weighted by molar-refractivity contribution is -0.384. The van der Waals surface area contributed by atoms with Crippen molar-refractivity contribution >= 4 is 40.0 Å². The maximum atomic E-state index is 10.4. The van der Waals surface area contributed by atoms with E-state index in [2.05, 4.69) is 9.97 Å². The summed E-state index contributed by atoms with van der Waals surface area (Å²) >= 11 is 0. The van der Waals surface area contributed by atoms with Crippen molar-refractivity contribution in [2.75, 3.05) is 0 Å². The van der Waals surface area contributed by atoms with Crippen molar-refractivity contribution < 1.29 is 14.6 Å². The number of hydrogen-bond acceptors (Lipinski definition) is 7. The molecule has 0 saturated carbocycles. The van der Waals surface area contributed by atoms with E-state index in [9.17, 15) is 20.2 Å². The van der Waals surface area contributed by atoms with Gasteiger partial charge < -0.3 is 4.79 Å². The van der Waals surface area contributed by atoms with E-state index in [-0.39, 0.29) is 11.4 Å². The maximum Gasteiger partial charge on any atom is 0.271 e. The molecule has 0 radical (unpaired) electrons. The first kappa shape index (κ1) is 20.0. The second kappa shape index (κ2) is 9.43. The van der Waals surface area contributed by atoms with Gasteiger partial charge in [0.2, 0.25) is 0 Å². The van der Waals surface area contributed by atoms with E-state index >= 15 is 0 Å². The molecule has 0 atom stereocenters. The summed E-state index contributed by atoms with van der Waals surface area (Å²) in [6.45, 7) is 2.00. The summed E-state index contributed by atoms with van der Waals surface area (Å²) in [6, 6.07) is 16.6. The van der Waals surface area contributed by atoms with Gasteiger partial charge in [-0.2, -0.15) is 0 Å². The molecule has 0 amide bonds. The largest absolute Gasteiger partial charge is 0.307 e. The van der Waals surface area contributed by atoms with Gasteiger partial charge in [-0.05, 0) is 24.3 Å². The summed E-state index contributed by atoms with van der Waals surface area (Å²) in [5.74, 6) is 0. The van der Waals surface area contributed by atoms with Crippen LogP contribution in [0.4, 0.5) is 11.4 Å². The van der Waals surface area contributed by atoms with Crippen LogP contribution in [-0.4, -0.2) is 26.6 Å². The first-order valence-corrected chi connectivity index (χ1v) is 7.82. The number of hydrogen-bond donors (Lipinski definition) is 0. The van der Waals surface area contributed by atoms with E-state index in [0.717, 1.165) is 10.8 Å². The number of nitro benzene ring substituents is 2. The number of rotatable bonds is 2. The number of carbonyl (C=O) groups is 1. The van der Waals surface area contributed by atoms with Gasteiger partial charge >= 0.3 is 0 Å². The molecular weight excluding hydrogens is 364 g/mol. The van der Waals surface area contributed by atoms with Crippen LogP contribution in [0.2, 0.25) is 0 Å². The number of fused-ring (bicyclic) bond motifs is 2. The highest BCUT2D eigenvalue weighted by atomic mass is 16.6. The Morgan fingerprint density at radius 3 is 1.43 bits per heavy atom. The molecule has 0 saturated heterocycles. The van der Waals surface area contributed by atoms with Crippen molar-refractivity contribution in [1.29, 1.82) is 0 Å². The first-order valence-electron chi connectivity index (χ1n) is 7.82. The molecule has 4 rings (SSSR count). The van der Waals surface area contributed by atoms with Crippen LogP contribution in [-0.2, 0) is 4.79 Å². The van der Waals surface area contributed by atoms with E-state index in [4.69, 9.17) is 4.79 Å². The molecule has 2 aromatic carbocycles. The Morgan fingerprint density at radius 1 is 0.679 bits per heavy atom. The summed E-state index contributed by atoms with van der Waals surface area (Å²) in [4.78, 5) is 36.0. The van der Waals surface area contributed by atoms with E-state index in [1.165, 1.54) is 24.3 Å². The number of aromatic nitrogens is 2. The van der Waals surface area contributed by atoms with Gasteiger partial charge in [-0.1, -0.05) is 12.1 Å². The minimum absolute atomic E-state index is 0.0752. The molecule has 2 aromatic heterocycles. The molecule has 140 valence electrons. The molecule has 28 heavy (non-hydrogen) atoms. The number of nitrogens with zero attached hydrogens (tertiary/aromatic N) is 4. The van der Waals surface area contributed by atoms with Gasteiger partial charge in [-0.25, -0.2) is 0 Å². The predicted molar refractivity (Wildman–Crippen MR) is 104 cm³/mol. The third kappa shape index (κ3) is 4.88. The summed E-state index contributed by atoms with van der Waals surface area (Å²) in [5.41, 5.74) is 1.45. The Kier molecular flexibility index (Phi) is 6.75. The molecule has 4 aromatic rings. The Labute approximate surface area is 158 Å². The molecule has 2 heterocycles. The van der Waals surface area contributed by atoms with Crippen LogP contribution in [0.5, 0.6) is 0 Å². The second-order valence-corrected chi connectivity index (χ2v) is 5.28. The molecule has 9 nitrogen and oxygen atoms in total. The highest BCUT2D eigenvalue weighted by Gasteiger charge is 2.06.